The Bertz CT molecular complexity index is 1220. The molecule has 1 aromatic heterocycles. The number of anilines is 2. The van der Waals surface area contributed by atoms with Crippen molar-refractivity contribution in [2.75, 3.05) is 49.6 Å². The fourth-order valence-electron chi connectivity index (χ4n) is 4.27. The first-order chi connectivity index (χ1) is 16.9. The summed E-state index contributed by atoms with van der Waals surface area (Å²) < 4.78 is 19.6. The molecule has 1 aliphatic heterocycles. The van der Waals surface area contributed by atoms with Gasteiger partial charge in [0.15, 0.2) is 5.13 Å². The monoisotopic (exact) mass is 518 g/mol. The Kier molecular flexibility index (Phi) is 7.88. The van der Waals surface area contributed by atoms with Crippen LogP contribution < -0.4 is 14.5 Å². The Labute approximate surface area is 213 Å². The second-order valence-corrected chi connectivity index (χ2v) is 9.71. The second kappa shape index (κ2) is 10.9. The Balaban J connectivity index is 1.64. The molecule has 186 valence electrons. The first-order valence-corrected chi connectivity index (χ1v) is 12.8. The van der Waals surface area contributed by atoms with Crippen LogP contribution in [0, 0.1) is 11.7 Å². The first kappa shape index (κ1) is 25.3. The molecule has 0 N–H and O–H groups in total. The van der Waals surface area contributed by atoms with Crippen molar-refractivity contribution in [3.63, 3.8) is 0 Å². The number of thiazole rings is 1. The summed E-state index contributed by atoms with van der Waals surface area (Å²) in [5, 5.41) is 1.07. The van der Waals surface area contributed by atoms with Gasteiger partial charge < -0.3 is 14.5 Å². The number of benzene rings is 2. The first-order valence-electron chi connectivity index (χ1n) is 11.6. The molecule has 1 atom stereocenters. The predicted molar refractivity (Wildman–Crippen MR) is 138 cm³/mol. The van der Waals surface area contributed by atoms with Crippen LogP contribution in [0.3, 0.4) is 0 Å². The molecule has 2 amide bonds. The van der Waals surface area contributed by atoms with Crippen molar-refractivity contribution in [3.05, 3.63) is 47.2 Å². The third kappa shape index (κ3) is 5.27. The smallest absolute Gasteiger partial charge is 0.234 e. The van der Waals surface area contributed by atoms with Gasteiger partial charge in [0.05, 0.1) is 22.8 Å². The van der Waals surface area contributed by atoms with Crippen molar-refractivity contribution in [2.24, 2.45) is 5.92 Å². The minimum absolute atomic E-state index is 0.0902. The molecular weight excluding hydrogens is 491 g/mol. The van der Waals surface area contributed by atoms with Gasteiger partial charge in [0.2, 0.25) is 11.8 Å². The van der Waals surface area contributed by atoms with Crippen LogP contribution >= 0.6 is 22.9 Å². The third-order valence-electron chi connectivity index (χ3n) is 6.31. The lowest BCUT2D eigenvalue weighted by molar-refractivity contribution is -0.124. The van der Waals surface area contributed by atoms with Crippen molar-refractivity contribution in [1.29, 1.82) is 0 Å². The minimum Gasteiger partial charge on any atom is -0.494 e. The van der Waals surface area contributed by atoms with E-state index in [1.165, 1.54) is 23.5 Å². The van der Waals surface area contributed by atoms with E-state index < -0.39 is 5.92 Å². The molecule has 0 aliphatic carbocycles. The number of nitrogens with zero attached hydrogens (tertiary/aromatic N) is 4. The van der Waals surface area contributed by atoms with Gasteiger partial charge in [-0.05, 0) is 49.5 Å². The van der Waals surface area contributed by atoms with E-state index in [4.69, 9.17) is 21.3 Å². The molecule has 1 aliphatic rings. The summed E-state index contributed by atoms with van der Waals surface area (Å²) in [5.74, 6) is -0.646. The van der Waals surface area contributed by atoms with Crippen LogP contribution in [0.25, 0.3) is 10.2 Å². The number of methoxy groups -OCH3 is 1. The fourth-order valence-corrected chi connectivity index (χ4v) is 5.55. The fraction of sp³-hybridized carbons (Fsp3) is 0.400. The van der Waals surface area contributed by atoms with E-state index in [1.54, 1.807) is 41.2 Å². The summed E-state index contributed by atoms with van der Waals surface area (Å²) in [6.45, 7) is 7.21. The van der Waals surface area contributed by atoms with E-state index in [1.807, 2.05) is 0 Å². The second-order valence-electron chi connectivity index (χ2n) is 8.32. The maximum atomic E-state index is 13.8. The number of aromatic nitrogens is 1. The highest BCUT2D eigenvalue weighted by molar-refractivity contribution is 7.23. The van der Waals surface area contributed by atoms with Gasteiger partial charge in [0.25, 0.3) is 0 Å². The number of halogens is 2. The number of carbonyl (C=O) groups is 2. The predicted octanol–water partition coefficient (Wildman–Crippen LogP) is 4.83. The van der Waals surface area contributed by atoms with Gasteiger partial charge in [0.1, 0.15) is 17.1 Å². The van der Waals surface area contributed by atoms with Gasteiger partial charge in [-0.15, -0.1) is 0 Å². The topological polar surface area (TPSA) is 66.0 Å². The van der Waals surface area contributed by atoms with Crippen LogP contribution in [-0.4, -0.2) is 61.5 Å². The molecule has 0 saturated carbocycles. The largest absolute Gasteiger partial charge is 0.494 e. The SMILES string of the molecule is CCN(CC)CCN(C(=O)C1CC(=O)N(c2ccc(F)cc2)C1)c1nc2c(OC)ccc(Cl)c2s1. The average Bonchev–Trinajstić information content (AvgIpc) is 3.47. The van der Waals surface area contributed by atoms with Crippen molar-refractivity contribution in [1.82, 2.24) is 9.88 Å². The van der Waals surface area contributed by atoms with Crippen LogP contribution in [0.2, 0.25) is 5.02 Å². The molecule has 0 spiro atoms. The number of hydrogen-bond donors (Lipinski definition) is 0. The van der Waals surface area contributed by atoms with E-state index in [0.717, 1.165) is 17.8 Å². The number of carbonyl (C=O) groups excluding carboxylic acids is 2. The zero-order valence-corrected chi connectivity index (χ0v) is 21.5. The van der Waals surface area contributed by atoms with Gasteiger partial charge >= 0.3 is 0 Å². The Hall–Kier alpha value is -2.75. The Morgan fingerprint density at radius 2 is 1.91 bits per heavy atom. The maximum absolute atomic E-state index is 13.8. The van der Waals surface area contributed by atoms with Crippen molar-refractivity contribution in [2.45, 2.75) is 20.3 Å². The molecule has 1 unspecified atom stereocenters. The molecule has 0 bridgehead atoms. The number of hydrogen-bond acceptors (Lipinski definition) is 6. The molecule has 2 aromatic carbocycles. The van der Waals surface area contributed by atoms with E-state index >= 15 is 0 Å². The summed E-state index contributed by atoms with van der Waals surface area (Å²) in [6, 6.07) is 9.24. The summed E-state index contributed by atoms with van der Waals surface area (Å²) in [4.78, 5) is 36.7. The van der Waals surface area contributed by atoms with Crippen LogP contribution in [-0.2, 0) is 9.59 Å². The Morgan fingerprint density at radius 1 is 1.20 bits per heavy atom. The summed E-state index contributed by atoms with van der Waals surface area (Å²) >= 11 is 7.76. The van der Waals surface area contributed by atoms with Crippen molar-refractivity contribution in [3.8, 4) is 5.75 Å². The van der Waals surface area contributed by atoms with Gasteiger partial charge in [-0.1, -0.05) is 36.8 Å². The molecule has 2 heterocycles. The van der Waals surface area contributed by atoms with Crippen molar-refractivity contribution < 1.29 is 18.7 Å². The van der Waals surface area contributed by atoms with E-state index in [2.05, 4.69) is 18.7 Å². The van der Waals surface area contributed by atoms with Crippen molar-refractivity contribution >= 4 is 55.8 Å². The van der Waals surface area contributed by atoms with Crippen LogP contribution in [0.4, 0.5) is 15.2 Å². The molecule has 7 nitrogen and oxygen atoms in total. The van der Waals surface area contributed by atoms with Crippen LogP contribution in [0.15, 0.2) is 36.4 Å². The zero-order chi connectivity index (χ0) is 25.1. The normalized spacial score (nSPS) is 15.9. The quantitative estimate of drug-likeness (QED) is 0.406. The highest BCUT2D eigenvalue weighted by Gasteiger charge is 2.38. The number of rotatable bonds is 9. The molecule has 3 aromatic rings. The lowest BCUT2D eigenvalue weighted by Gasteiger charge is -2.26. The summed E-state index contributed by atoms with van der Waals surface area (Å²) in [6.07, 6.45) is 0.0902. The summed E-state index contributed by atoms with van der Waals surface area (Å²) in [7, 11) is 1.57. The zero-order valence-electron chi connectivity index (χ0n) is 20.0. The molecule has 10 heteroatoms. The summed E-state index contributed by atoms with van der Waals surface area (Å²) in [5.41, 5.74) is 1.19. The molecule has 4 rings (SSSR count). The maximum Gasteiger partial charge on any atom is 0.234 e. The standard InChI is InChI=1S/C25H28ClFN4O3S/c1-4-29(5-2)12-13-30(25-28-22-20(34-3)11-10-19(26)23(22)35-25)24(33)16-14-21(32)31(15-16)18-8-6-17(27)7-9-18/h6-11,16H,4-5,12-15H2,1-3H3. The highest BCUT2D eigenvalue weighted by Crippen LogP contribution is 2.39. The molecular formula is C25H28ClFN4O3S. The molecule has 35 heavy (non-hydrogen) atoms. The van der Waals surface area contributed by atoms with E-state index in [0.29, 0.717) is 40.2 Å². The Morgan fingerprint density at radius 3 is 2.57 bits per heavy atom. The molecule has 0 radical (unpaired) electrons. The minimum atomic E-state index is -0.534. The lowest BCUT2D eigenvalue weighted by atomic mass is 10.1. The van der Waals surface area contributed by atoms with Crippen LogP contribution in [0.5, 0.6) is 5.75 Å². The molecule has 1 saturated heterocycles. The number of likely N-dealkylation sites (N-methyl/N-ethyl adjacent to an activating group) is 1. The third-order valence-corrected chi connectivity index (χ3v) is 7.85. The number of fused-ring (bicyclic) bond motifs is 1. The van der Waals surface area contributed by atoms with Gasteiger partial charge in [-0.3, -0.25) is 14.5 Å². The lowest BCUT2D eigenvalue weighted by Crippen LogP contribution is -2.42. The highest BCUT2D eigenvalue weighted by atomic mass is 35.5. The van der Waals surface area contributed by atoms with E-state index in [-0.39, 0.29) is 30.6 Å². The molecule has 1 fully saturated rings. The van der Waals surface area contributed by atoms with Crippen LogP contribution in [0.1, 0.15) is 20.3 Å². The average molecular weight is 519 g/mol. The van der Waals surface area contributed by atoms with Gasteiger partial charge in [-0.2, -0.15) is 0 Å². The van der Waals surface area contributed by atoms with Gasteiger partial charge in [-0.25, -0.2) is 9.37 Å². The number of ether oxygens (including phenoxy) is 1. The van der Waals surface area contributed by atoms with Gasteiger partial charge in [0, 0.05) is 31.7 Å². The number of amides is 2. The van der Waals surface area contributed by atoms with E-state index in [9.17, 15) is 14.0 Å².